The van der Waals surface area contributed by atoms with Crippen LogP contribution >= 0.6 is 0 Å². The number of hydrogen-bond acceptors (Lipinski definition) is 2. The van der Waals surface area contributed by atoms with Crippen molar-refractivity contribution in [1.82, 2.24) is 5.32 Å². The fourth-order valence-corrected chi connectivity index (χ4v) is 4.25. The molecule has 3 aliphatic rings. The first-order chi connectivity index (χ1) is 10.4. The molecule has 0 radical (unpaired) electrons. The first kappa shape index (κ1) is 14.5. The van der Waals surface area contributed by atoms with Crippen LogP contribution in [0.5, 0.6) is 0 Å². The van der Waals surface area contributed by atoms with Crippen molar-refractivity contribution in [2.24, 2.45) is 11.8 Å². The Labute approximate surface area is 125 Å². The van der Waals surface area contributed by atoms with E-state index in [-0.39, 0.29) is 17.4 Å². The lowest BCUT2D eigenvalue weighted by molar-refractivity contribution is -0.137. The van der Waals surface area contributed by atoms with Gasteiger partial charge in [0.25, 0.3) is 0 Å². The number of ether oxygens (including phenoxy) is 1. The third-order valence-corrected chi connectivity index (χ3v) is 5.45. The van der Waals surface area contributed by atoms with Crippen LogP contribution in [0.25, 0.3) is 0 Å². The normalized spacial score (nSPS) is 32.5. The number of rotatable bonds is 3. The van der Waals surface area contributed by atoms with E-state index < -0.39 is 17.6 Å². The summed E-state index contributed by atoms with van der Waals surface area (Å²) in [6.07, 6.45) is -2.47. The summed E-state index contributed by atoms with van der Waals surface area (Å²) in [5.41, 5.74) is -0.658. The third-order valence-electron chi connectivity index (χ3n) is 5.45. The van der Waals surface area contributed by atoms with Gasteiger partial charge in [-0.1, -0.05) is 6.07 Å². The molecule has 2 nitrogen and oxygen atoms in total. The zero-order valence-electron chi connectivity index (χ0n) is 11.9. The van der Waals surface area contributed by atoms with Gasteiger partial charge in [0.1, 0.15) is 5.82 Å². The molecule has 2 unspecified atom stereocenters. The molecule has 6 heteroatoms. The van der Waals surface area contributed by atoms with Gasteiger partial charge in [-0.15, -0.1) is 0 Å². The van der Waals surface area contributed by atoms with E-state index in [0.29, 0.717) is 30.8 Å². The van der Waals surface area contributed by atoms with Gasteiger partial charge in [-0.2, -0.15) is 13.2 Å². The largest absolute Gasteiger partial charge is 0.416 e. The lowest BCUT2D eigenvalue weighted by Gasteiger charge is -2.39. The van der Waals surface area contributed by atoms with Crippen molar-refractivity contribution in [2.45, 2.75) is 30.5 Å². The maximum Gasteiger partial charge on any atom is 0.416 e. The molecule has 0 bridgehead atoms. The van der Waals surface area contributed by atoms with Crippen molar-refractivity contribution < 1.29 is 22.3 Å². The monoisotopic (exact) mass is 315 g/mol. The Kier molecular flexibility index (Phi) is 3.07. The quantitative estimate of drug-likeness (QED) is 0.864. The minimum Gasteiger partial charge on any atom is -0.381 e. The van der Waals surface area contributed by atoms with E-state index in [1.54, 1.807) is 0 Å². The van der Waals surface area contributed by atoms with Gasteiger partial charge in [-0.25, -0.2) is 4.39 Å². The molecule has 1 aromatic rings. The topological polar surface area (TPSA) is 21.3 Å². The van der Waals surface area contributed by atoms with Gasteiger partial charge in [0, 0.05) is 17.4 Å². The van der Waals surface area contributed by atoms with E-state index in [1.807, 2.05) is 0 Å². The third kappa shape index (κ3) is 2.07. The highest BCUT2D eigenvalue weighted by Gasteiger charge is 2.64. The standard InChI is InChI=1S/C16H17F4NO/c17-13-5-10(16(18,19)20)1-2-12(13)14(9-7-22-8-9)15-6-11(15)3-4-21-15/h1-2,5,9,11,14,21H,3-4,6-8H2/t11?,14-,15?/m1/s1. The lowest BCUT2D eigenvalue weighted by Crippen LogP contribution is -2.45. The summed E-state index contributed by atoms with van der Waals surface area (Å²) in [6.45, 7) is 2.01. The maximum atomic E-state index is 14.4. The minimum atomic E-state index is -4.51. The molecule has 1 saturated carbocycles. The van der Waals surface area contributed by atoms with E-state index in [4.69, 9.17) is 4.74 Å². The van der Waals surface area contributed by atoms with Gasteiger partial charge >= 0.3 is 6.18 Å². The van der Waals surface area contributed by atoms with Gasteiger partial charge in [0.2, 0.25) is 0 Å². The Balaban J connectivity index is 1.71. The zero-order valence-corrected chi connectivity index (χ0v) is 11.9. The molecule has 0 amide bonds. The molecular weight excluding hydrogens is 298 g/mol. The van der Waals surface area contributed by atoms with Crippen molar-refractivity contribution in [3.05, 3.63) is 35.1 Å². The van der Waals surface area contributed by atoms with Crippen LogP contribution in [0.4, 0.5) is 17.6 Å². The van der Waals surface area contributed by atoms with Crippen molar-refractivity contribution in [3.8, 4) is 0 Å². The summed E-state index contributed by atoms with van der Waals surface area (Å²) in [5, 5.41) is 3.48. The molecule has 3 atom stereocenters. The predicted octanol–water partition coefficient (Wildman–Crippen LogP) is 3.33. The molecule has 2 heterocycles. The van der Waals surface area contributed by atoms with Crippen LogP contribution in [0.1, 0.15) is 29.9 Å². The number of piperidine rings is 1. The summed E-state index contributed by atoms with van der Waals surface area (Å²) in [4.78, 5) is 0. The molecule has 120 valence electrons. The second-order valence-corrected chi connectivity index (χ2v) is 6.67. The number of hydrogen-bond donors (Lipinski definition) is 1. The van der Waals surface area contributed by atoms with Crippen LogP contribution in [-0.4, -0.2) is 25.3 Å². The predicted molar refractivity (Wildman–Crippen MR) is 71.9 cm³/mol. The van der Waals surface area contributed by atoms with E-state index in [9.17, 15) is 17.6 Å². The van der Waals surface area contributed by atoms with Crippen LogP contribution in [0.3, 0.4) is 0 Å². The average molecular weight is 315 g/mol. The van der Waals surface area contributed by atoms with Crippen molar-refractivity contribution >= 4 is 0 Å². The number of alkyl halides is 3. The van der Waals surface area contributed by atoms with E-state index in [2.05, 4.69) is 5.32 Å². The van der Waals surface area contributed by atoms with Crippen molar-refractivity contribution in [2.75, 3.05) is 19.8 Å². The Morgan fingerprint density at radius 3 is 2.50 bits per heavy atom. The van der Waals surface area contributed by atoms with Crippen molar-refractivity contribution in [3.63, 3.8) is 0 Å². The average Bonchev–Trinajstić information content (AvgIpc) is 2.95. The summed E-state index contributed by atoms with van der Waals surface area (Å²) >= 11 is 0. The maximum absolute atomic E-state index is 14.4. The first-order valence-corrected chi connectivity index (χ1v) is 7.61. The summed E-state index contributed by atoms with van der Waals surface area (Å²) < 4.78 is 57.8. The van der Waals surface area contributed by atoms with E-state index in [1.165, 1.54) is 6.07 Å². The fraction of sp³-hybridized carbons (Fsp3) is 0.625. The van der Waals surface area contributed by atoms with Gasteiger partial charge in [0.05, 0.1) is 18.8 Å². The molecule has 2 saturated heterocycles. The Bertz CT molecular complexity index is 598. The highest BCUT2D eigenvalue weighted by molar-refractivity contribution is 5.36. The first-order valence-electron chi connectivity index (χ1n) is 7.61. The highest BCUT2D eigenvalue weighted by atomic mass is 19.4. The number of halogens is 4. The molecule has 2 aliphatic heterocycles. The van der Waals surface area contributed by atoms with Crippen LogP contribution in [-0.2, 0) is 10.9 Å². The van der Waals surface area contributed by atoms with Gasteiger partial charge in [0.15, 0.2) is 0 Å². The van der Waals surface area contributed by atoms with Crippen LogP contribution in [0.15, 0.2) is 18.2 Å². The molecule has 3 fully saturated rings. The second kappa shape index (κ2) is 4.68. The minimum absolute atomic E-state index is 0.101. The molecule has 1 aromatic carbocycles. The SMILES string of the molecule is Fc1cc(C(F)(F)F)ccc1[C@@H](C1COC1)C12CC1CCN2. The summed E-state index contributed by atoms with van der Waals surface area (Å²) in [5.74, 6) is -0.155. The molecule has 0 spiro atoms. The van der Waals surface area contributed by atoms with Crippen LogP contribution < -0.4 is 5.32 Å². The summed E-state index contributed by atoms with van der Waals surface area (Å²) in [7, 11) is 0. The van der Waals surface area contributed by atoms with E-state index >= 15 is 0 Å². The van der Waals surface area contributed by atoms with Gasteiger partial charge in [-0.3, -0.25) is 0 Å². The number of fused-ring (bicyclic) bond motifs is 1. The Morgan fingerprint density at radius 2 is 2.05 bits per heavy atom. The molecule has 4 rings (SSSR count). The Morgan fingerprint density at radius 1 is 1.27 bits per heavy atom. The molecule has 1 aliphatic carbocycles. The summed E-state index contributed by atoms with van der Waals surface area (Å²) in [6, 6.07) is 2.95. The zero-order chi connectivity index (χ0) is 15.5. The fourth-order valence-electron chi connectivity index (χ4n) is 4.25. The molecule has 22 heavy (non-hydrogen) atoms. The van der Waals surface area contributed by atoms with Crippen LogP contribution in [0.2, 0.25) is 0 Å². The number of benzene rings is 1. The highest BCUT2D eigenvalue weighted by Crippen LogP contribution is 2.60. The lowest BCUT2D eigenvalue weighted by atomic mass is 9.76. The second-order valence-electron chi connectivity index (χ2n) is 6.67. The van der Waals surface area contributed by atoms with Gasteiger partial charge < -0.3 is 10.1 Å². The molecule has 0 aromatic heterocycles. The van der Waals surface area contributed by atoms with Crippen LogP contribution in [0, 0.1) is 17.7 Å². The van der Waals surface area contributed by atoms with E-state index in [0.717, 1.165) is 25.5 Å². The molecule has 1 N–H and O–H groups in total. The van der Waals surface area contributed by atoms with Gasteiger partial charge in [-0.05, 0) is 43.0 Å². The number of nitrogens with one attached hydrogen (secondary N) is 1. The molecular formula is C16H17F4NO. The Hall–Kier alpha value is -1.14. The smallest absolute Gasteiger partial charge is 0.381 e. The van der Waals surface area contributed by atoms with Crippen molar-refractivity contribution in [1.29, 1.82) is 0 Å².